The fourth-order valence-corrected chi connectivity index (χ4v) is 1.42. The molecule has 0 radical (unpaired) electrons. The highest BCUT2D eigenvalue weighted by Gasteiger charge is 2.14. The minimum atomic E-state index is -0.771. The summed E-state index contributed by atoms with van der Waals surface area (Å²) in [4.78, 5) is 10.8. The predicted octanol–water partition coefficient (Wildman–Crippen LogP) is 1.24. The summed E-state index contributed by atoms with van der Waals surface area (Å²) >= 11 is 0. The van der Waals surface area contributed by atoms with Gasteiger partial charge in [0, 0.05) is 6.61 Å². The zero-order valence-corrected chi connectivity index (χ0v) is 9.70. The molecule has 0 bridgehead atoms. The molecule has 0 aromatic carbocycles. The van der Waals surface area contributed by atoms with Crippen LogP contribution in [0.3, 0.4) is 0 Å². The van der Waals surface area contributed by atoms with Crippen molar-refractivity contribution in [1.29, 1.82) is 0 Å². The highest BCUT2D eigenvalue weighted by atomic mass is 16.4. The van der Waals surface area contributed by atoms with Crippen LogP contribution in [0, 0.1) is 5.92 Å². The fraction of sp³-hybridized carbons (Fsp3) is 0.909. The summed E-state index contributed by atoms with van der Waals surface area (Å²) in [6.07, 6.45) is 3.39. The Balaban J connectivity index is 3.58. The van der Waals surface area contributed by atoms with Gasteiger partial charge in [0.25, 0.3) is 0 Å². The molecule has 0 aliphatic rings. The van der Waals surface area contributed by atoms with E-state index < -0.39 is 12.0 Å². The summed E-state index contributed by atoms with van der Waals surface area (Å²) in [6, 6.07) is -0.417. The van der Waals surface area contributed by atoms with Gasteiger partial charge in [-0.3, -0.25) is 4.79 Å². The summed E-state index contributed by atoms with van der Waals surface area (Å²) in [5.41, 5.74) is 0. The SMILES string of the molecule is CCCC(NCCCC(C)CO)C(=O)O. The standard InChI is InChI=1S/C11H23NO3/c1-3-5-10(11(14)15)12-7-4-6-9(2)8-13/h9-10,12-13H,3-8H2,1-2H3,(H,14,15). The summed E-state index contributed by atoms with van der Waals surface area (Å²) in [6.45, 7) is 4.88. The van der Waals surface area contributed by atoms with E-state index in [1.807, 2.05) is 13.8 Å². The molecule has 2 unspecified atom stereocenters. The monoisotopic (exact) mass is 217 g/mol. The maximum absolute atomic E-state index is 10.8. The van der Waals surface area contributed by atoms with Gasteiger partial charge in [0.15, 0.2) is 0 Å². The van der Waals surface area contributed by atoms with Crippen molar-refractivity contribution in [2.45, 2.75) is 45.6 Å². The van der Waals surface area contributed by atoms with Crippen LogP contribution in [-0.4, -0.2) is 35.4 Å². The molecular formula is C11H23NO3. The quantitative estimate of drug-likeness (QED) is 0.508. The van der Waals surface area contributed by atoms with E-state index in [-0.39, 0.29) is 6.61 Å². The van der Waals surface area contributed by atoms with E-state index in [1.54, 1.807) is 0 Å². The summed E-state index contributed by atoms with van der Waals surface area (Å²) in [5.74, 6) is -0.465. The Hall–Kier alpha value is -0.610. The lowest BCUT2D eigenvalue weighted by atomic mass is 10.1. The number of nitrogens with one attached hydrogen (secondary N) is 1. The van der Waals surface area contributed by atoms with Gasteiger partial charge in [-0.05, 0) is 31.7 Å². The van der Waals surface area contributed by atoms with Crippen LogP contribution in [0.25, 0.3) is 0 Å². The number of aliphatic hydroxyl groups is 1. The van der Waals surface area contributed by atoms with Crippen LogP contribution in [0.15, 0.2) is 0 Å². The number of carboxylic acid groups (broad SMARTS) is 1. The zero-order valence-electron chi connectivity index (χ0n) is 9.70. The summed E-state index contributed by atoms with van der Waals surface area (Å²) in [5, 5.41) is 20.7. The van der Waals surface area contributed by atoms with Crippen molar-refractivity contribution in [1.82, 2.24) is 5.32 Å². The molecule has 0 rings (SSSR count). The molecule has 0 aromatic rings. The van der Waals surface area contributed by atoms with E-state index >= 15 is 0 Å². The van der Waals surface area contributed by atoms with Crippen LogP contribution >= 0.6 is 0 Å². The lowest BCUT2D eigenvalue weighted by Gasteiger charge is -2.14. The Labute approximate surface area is 91.7 Å². The lowest BCUT2D eigenvalue weighted by Crippen LogP contribution is -2.37. The minimum Gasteiger partial charge on any atom is -0.480 e. The summed E-state index contributed by atoms with van der Waals surface area (Å²) in [7, 11) is 0. The number of hydrogen-bond donors (Lipinski definition) is 3. The molecule has 90 valence electrons. The molecule has 3 N–H and O–H groups in total. The number of rotatable bonds is 9. The molecule has 15 heavy (non-hydrogen) atoms. The molecule has 0 saturated carbocycles. The molecule has 0 aromatic heterocycles. The van der Waals surface area contributed by atoms with E-state index in [9.17, 15) is 4.79 Å². The zero-order chi connectivity index (χ0) is 11.7. The molecule has 4 nitrogen and oxygen atoms in total. The second-order valence-electron chi connectivity index (χ2n) is 4.06. The van der Waals surface area contributed by atoms with Gasteiger partial charge < -0.3 is 15.5 Å². The van der Waals surface area contributed by atoms with Gasteiger partial charge in [-0.1, -0.05) is 20.3 Å². The van der Waals surface area contributed by atoms with Gasteiger partial charge >= 0.3 is 5.97 Å². The number of hydrogen-bond acceptors (Lipinski definition) is 3. The Morgan fingerprint density at radius 1 is 1.40 bits per heavy atom. The van der Waals surface area contributed by atoms with Crippen LogP contribution in [0.2, 0.25) is 0 Å². The molecule has 0 heterocycles. The average Bonchev–Trinajstić information content (AvgIpc) is 2.21. The third-order valence-corrected chi connectivity index (χ3v) is 2.45. The van der Waals surface area contributed by atoms with E-state index in [0.717, 1.165) is 19.3 Å². The molecule has 0 saturated heterocycles. The van der Waals surface area contributed by atoms with Gasteiger partial charge in [-0.25, -0.2) is 0 Å². The van der Waals surface area contributed by atoms with Gasteiger partial charge in [0.05, 0.1) is 0 Å². The maximum Gasteiger partial charge on any atom is 0.320 e. The number of carbonyl (C=O) groups is 1. The smallest absolute Gasteiger partial charge is 0.320 e. The Bertz CT molecular complexity index is 173. The maximum atomic E-state index is 10.8. The van der Waals surface area contributed by atoms with Crippen molar-refractivity contribution in [3.05, 3.63) is 0 Å². The van der Waals surface area contributed by atoms with Crippen molar-refractivity contribution < 1.29 is 15.0 Å². The molecular weight excluding hydrogens is 194 g/mol. The van der Waals surface area contributed by atoms with Crippen molar-refractivity contribution in [3.8, 4) is 0 Å². The number of aliphatic carboxylic acids is 1. The molecule has 0 amide bonds. The van der Waals surface area contributed by atoms with Crippen LogP contribution in [0.5, 0.6) is 0 Å². The van der Waals surface area contributed by atoms with Crippen molar-refractivity contribution in [3.63, 3.8) is 0 Å². The molecule has 2 atom stereocenters. The van der Waals surface area contributed by atoms with Gasteiger partial charge in [-0.2, -0.15) is 0 Å². The molecule has 0 aliphatic heterocycles. The van der Waals surface area contributed by atoms with Crippen LogP contribution in [-0.2, 0) is 4.79 Å². The first-order chi connectivity index (χ1) is 7.11. The highest BCUT2D eigenvalue weighted by molar-refractivity contribution is 5.73. The molecule has 0 spiro atoms. The van der Waals surface area contributed by atoms with Crippen molar-refractivity contribution >= 4 is 5.97 Å². The lowest BCUT2D eigenvalue weighted by molar-refractivity contribution is -0.139. The number of carboxylic acids is 1. The first kappa shape index (κ1) is 14.4. The minimum absolute atomic E-state index is 0.206. The van der Waals surface area contributed by atoms with E-state index in [2.05, 4.69) is 5.32 Å². The van der Waals surface area contributed by atoms with Gasteiger partial charge in [0.1, 0.15) is 6.04 Å². The van der Waals surface area contributed by atoms with E-state index in [0.29, 0.717) is 18.9 Å². The number of aliphatic hydroxyl groups excluding tert-OH is 1. The van der Waals surface area contributed by atoms with Gasteiger partial charge in [0.2, 0.25) is 0 Å². The van der Waals surface area contributed by atoms with Crippen LogP contribution in [0.4, 0.5) is 0 Å². The first-order valence-corrected chi connectivity index (χ1v) is 5.68. The topological polar surface area (TPSA) is 69.6 Å². The van der Waals surface area contributed by atoms with Crippen LogP contribution in [0.1, 0.15) is 39.5 Å². The average molecular weight is 217 g/mol. The molecule has 0 aliphatic carbocycles. The summed E-state index contributed by atoms with van der Waals surface area (Å²) < 4.78 is 0. The Kier molecular flexibility index (Phi) is 8.33. The van der Waals surface area contributed by atoms with Crippen molar-refractivity contribution in [2.24, 2.45) is 5.92 Å². The fourth-order valence-electron chi connectivity index (χ4n) is 1.42. The van der Waals surface area contributed by atoms with Gasteiger partial charge in [-0.15, -0.1) is 0 Å². The Morgan fingerprint density at radius 2 is 2.07 bits per heavy atom. The largest absolute Gasteiger partial charge is 0.480 e. The second kappa shape index (κ2) is 8.68. The van der Waals surface area contributed by atoms with E-state index in [4.69, 9.17) is 10.2 Å². The Morgan fingerprint density at radius 3 is 2.53 bits per heavy atom. The third-order valence-electron chi connectivity index (χ3n) is 2.45. The normalized spacial score (nSPS) is 14.9. The van der Waals surface area contributed by atoms with Crippen molar-refractivity contribution in [2.75, 3.05) is 13.2 Å². The second-order valence-corrected chi connectivity index (χ2v) is 4.06. The third kappa shape index (κ3) is 7.33. The van der Waals surface area contributed by atoms with Crippen LogP contribution < -0.4 is 5.32 Å². The highest BCUT2D eigenvalue weighted by Crippen LogP contribution is 2.03. The van der Waals surface area contributed by atoms with E-state index in [1.165, 1.54) is 0 Å². The molecule has 4 heteroatoms. The predicted molar refractivity (Wildman–Crippen MR) is 59.8 cm³/mol. The first-order valence-electron chi connectivity index (χ1n) is 5.68. The molecule has 0 fully saturated rings.